The molecule has 0 spiro atoms. The van der Waals surface area contributed by atoms with Crippen molar-refractivity contribution < 1.29 is 9.13 Å². The lowest BCUT2D eigenvalue weighted by Gasteiger charge is -2.16. The number of hydrogen-bond donors (Lipinski definition) is 0. The molecule has 0 saturated carbocycles. The number of nitriles is 1. The molecule has 0 aromatic heterocycles. The van der Waals surface area contributed by atoms with Gasteiger partial charge in [-0.2, -0.15) is 5.26 Å². The van der Waals surface area contributed by atoms with Crippen molar-refractivity contribution in [2.75, 3.05) is 25.4 Å². The van der Waals surface area contributed by atoms with Crippen LogP contribution in [0, 0.1) is 30.0 Å². The summed E-state index contributed by atoms with van der Waals surface area (Å²) in [5, 5.41) is 8.77. The maximum absolute atomic E-state index is 13.0. The zero-order valence-corrected chi connectivity index (χ0v) is 19.2. The van der Waals surface area contributed by atoms with Gasteiger partial charge in [0, 0.05) is 18.8 Å². The quantitative estimate of drug-likeness (QED) is 0.458. The lowest BCUT2D eigenvalue weighted by atomic mass is 10.1. The number of halogens is 1. The van der Waals surface area contributed by atoms with E-state index >= 15 is 0 Å². The highest BCUT2D eigenvalue weighted by Crippen LogP contribution is 2.34. The summed E-state index contributed by atoms with van der Waals surface area (Å²) in [5.74, 6) is 1.60. The number of rotatable bonds is 2. The van der Waals surface area contributed by atoms with Gasteiger partial charge in [0.2, 0.25) is 0 Å². The third-order valence-electron chi connectivity index (χ3n) is 5.16. The third-order valence-corrected chi connectivity index (χ3v) is 6.22. The summed E-state index contributed by atoms with van der Waals surface area (Å²) in [5.41, 5.74) is 2.66. The minimum absolute atomic E-state index is 0.174. The highest BCUT2D eigenvalue weighted by atomic mass is 32.2. The molecular weight excluding hydrogens is 419 g/mol. The minimum Gasteiger partial charge on any atom is -0.491 e. The van der Waals surface area contributed by atoms with Crippen molar-refractivity contribution in [3.05, 3.63) is 95.8 Å². The normalized spacial score (nSPS) is 16.8. The van der Waals surface area contributed by atoms with Gasteiger partial charge in [0.05, 0.1) is 23.5 Å². The molecule has 2 heterocycles. The summed E-state index contributed by atoms with van der Waals surface area (Å²) in [6, 6.07) is 28.0. The predicted molar refractivity (Wildman–Crippen MR) is 129 cm³/mol. The minimum atomic E-state index is -0.174. The predicted octanol–water partition coefficient (Wildman–Crippen LogP) is 6.34. The molecule has 1 fully saturated rings. The van der Waals surface area contributed by atoms with Crippen LogP contribution >= 0.6 is 11.8 Å². The molecule has 0 N–H and O–H groups in total. The SMILES string of the molecule is Cc1ccccc1.Fc1cccc2c1SCCO2.N#CC1CCN(Cc2ccccc2)C1. The number of hydrogen-bond acceptors (Lipinski definition) is 4. The Bertz CT molecular complexity index is 992. The van der Waals surface area contributed by atoms with Crippen molar-refractivity contribution in [1.29, 1.82) is 5.26 Å². The van der Waals surface area contributed by atoms with Crippen LogP contribution in [0.5, 0.6) is 5.75 Å². The molecule has 2 aliphatic heterocycles. The second-order valence-electron chi connectivity index (χ2n) is 7.75. The Morgan fingerprint density at radius 3 is 2.34 bits per heavy atom. The highest BCUT2D eigenvalue weighted by Gasteiger charge is 2.21. The van der Waals surface area contributed by atoms with Crippen LogP contribution in [0.1, 0.15) is 17.5 Å². The average molecular weight is 449 g/mol. The van der Waals surface area contributed by atoms with Crippen LogP contribution < -0.4 is 4.74 Å². The number of nitrogens with zero attached hydrogens (tertiary/aromatic N) is 2. The van der Waals surface area contributed by atoms with Gasteiger partial charge in [0.15, 0.2) is 0 Å². The first-order valence-corrected chi connectivity index (χ1v) is 11.9. The lowest BCUT2D eigenvalue weighted by molar-refractivity contribution is 0.325. The van der Waals surface area contributed by atoms with E-state index in [1.807, 2.05) is 24.3 Å². The van der Waals surface area contributed by atoms with E-state index in [1.165, 1.54) is 29.0 Å². The van der Waals surface area contributed by atoms with E-state index in [-0.39, 0.29) is 11.7 Å². The molecular formula is C27H29FN2OS. The number of aryl methyl sites for hydroxylation is 1. The van der Waals surface area contributed by atoms with E-state index in [0.717, 1.165) is 31.8 Å². The van der Waals surface area contributed by atoms with Crippen molar-refractivity contribution in [3.63, 3.8) is 0 Å². The Labute approximate surface area is 194 Å². The monoisotopic (exact) mass is 448 g/mol. The number of benzene rings is 3. The molecule has 0 bridgehead atoms. The van der Waals surface area contributed by atoms with Gasteiger partial charge >= 0.3 is 0 Å². The zero-order valence-electron chi connectivity index (χ0n) is 18.4. The fraction of sp³-hybridized carbons (Fsp3) is 0.296. The Kier molecular flexibility index (Phi) is 9.61. The fourth-order valence-electron chi connectivity index (χ4n) is 3.50. The van der Waals surface area contributed by atoms with Crippen molar-refractivity contribution >= 4 is 11.8 Å². The number of likely N-dealkylation sites (tertiary alicyclic amines) is 1. The first-order valence-electron chi connectivity index (χ1n) is 10.9. The van der Waals surface area contributed by atoms with Crippen molar-refractivity contribution in [1.82, 2.24) is 4.90 Å². The van der Waals surface area contributed by atoms with E-state index in [9.17, 15) is 4.39 Å². The summed E-state index contributed by atoms with van der Waals surface area (Å²) in [6.07, 6.45) is 1.03. The number of fused-ring (bicyclic) bond motifs is 1. The van der Waals surface area contributed by atoms with Gasteiger partial charge in [-0.25, -0.2) is 4.39 Å². The molecule has 3 aromatic carbocycles. The van der Waals surface area contributed by atoms with Crippen LogP contribution in [-0.4, -0.2) is 30.3 Å². The van der Waals surface area contributed by atoms with E-state index in [2.05, 4.69) is 54.3 Å². The Morgan fingerprint density at radius 2 is 1.75 bits per heavy atom. The van der Waals surface area contributed by atoms with Gasteiger partial charge < -0.3 is 4.74 Å². The first kappa shape index (κ1) is 23.8. The van der Waals surface area contributed by atoms with Crippen molar-refractivity contribution in [2.24, 2.45) is 5.92 Å². The fourth-order valence-corrected chi connectivity index (χ4v) is 4.34. The molecule has 0 aliphatic carbocycles. The Morgan fingerprint density at radius 1 is 1.03 bits per heavy atom. The number of thioether (sulfide) groups is 1. The molecule has 166 valence electrons. The lowest BCUT2D eigenvalue weighted by Crippen LogP contribution is -2.19. The van der Waals surface area contributed by atoms with Crippen molar-refractivity contribution in [3.8, 4) is 11.8 Å². The highest BCUT2D eigenvalue weighted by molar-refractivity contribution is 7.99. The second-order valence-corrected chi connectivity index (χ2v) is 8.86. The van der Waals surface area contributed by atoms with Crippen LogP contribution in [0.25, 0.3) is 0 Å². The Hall–Kier alpha value is -2.81. The van der Waals surface area contributed by atoms with E-state index < -0.39 is 0 Å². The van der Waals surface area contributed by atoms with Crippen LogP contribution in [0.2, 0.25) is 0 Å². The smallest absolute Gasteiger partial charge is 0.140 e. The second kappa shape index (κ2) is 12.9. The average Bonchev–Trinajstić information content (AvgIpc) is 3.29. The van der Waals surface area contributed by atoms with Crippen LogP contribution in [0.15, 0.2) is 83.8 Å². The summed E-state index contributed by atoms with van der Waals surface area (Å²) in [6.45, 7) is 5.75. The Balaban J connectivity index is 0.000000143. The molecule has 3 aromatic rings. The first-order chi connectivity index (χ1) is 15.7. The van der Waals surface area contributed by atoms with Gasteiger partial charge in [0.1, 0.15) is 11.6 Å². The van der Waals surface area contributed by atoms with Gasteiger partial charge in [0.25, 0.3) is 0 Å². The van der Waals surface area contributed by atoms with E-state index in [4.69, 9.17) is 10.00 Å². The van der Waals surface area contributed by atoms with Crippen LogP contribution in [0.3, 0.4) is 0 Å². The molecule has 5 rings (SSSR count). The molecule has 0 amide bonds. The van der Waals surface area contributed by atoms with Gasteiger partial charge in [-0.15, -0.1) is 11.8 Å². The molecule has 0 radical (unpaired) electrons. The molecule has 1 saturated heterocycles. The van der Waals surface area contributed by atoms with E-state index in [0.29, 0.717) is 17.3 Å². The molecule has 1 unspecified atom stereocenters. The van der Waals surface area contributed by atoms with Crippen molar-refractivity contribution in [2.45, 2.75) is 24.8 Å². The summed E-state index contributed by atoms with van der Waals surface area (Å²) < 4.78 is 18.2. The summed E-state index contributed by atoms with van der Waals surface area (Å²) in [7, 11) is 0. The molecule has 3 nitrogen and oxygen atoms in total. The standard InChI is InChI=1S/C12H14N2.C8H7FOS.C7H8/c13-8-12-6-7-14(10-12)9-11-4-2-1-3-5-11;9-6-2-1-3-7-8(6)11-5-4-10-7;1-7-5-3-2-4-6-7/h1-5,12H,6-7,9-10H2;1-3H,4-5H2;2-6H,1H3. The largest absolute Gasteiger partial charge is 0.491 e. The molecule has 1 atom stereocenters. The molecule has 32 heavy (non-hydrogen) atoms. The van der Waals surface area contributed by atoms with Crippen LogP contribution in [-0.2, 0) is 6.54 Å². The number of ether oxygens (including phenoxy) is 1. The molecule has 5 heteroatoms. The zero-order chi connectivity index (χ0) is 22.6. The maximum Gasteiger partial charge on any atom is 0.140 e. The van der Waals surface area contributed by atoms with Gasteiger partial charge in [-0.1, -0.05) is 72.3 Å². The van der Waals surface area contributed by atoms with Gasteiger partial charge in [-0.05, 0) is 37.6 Å². The van der Waals surface area contributed by atoms with E-state index in [1.54, 1.807) is 12.1 Å². The maximum atomic E-state index is 13.0. The topological polar surface area (TPSA) is 36.3 Å². The molecule has 2 aliphatic rings. The third kappa shape index (κ3) is 7.71. The summed E-state index contributed by atoms with van der Waals surface area (Å²) >= 11 is 1.52. The van der Waals surface area contributed by atoms with Crippen LogP contribution in [0.4, 0.5) is 4.39 Å². The summed E-state index contributed by atoms with van der Waals surface area (Å²) in [4.78, 5) is 3.00. The van der Waals surface area contributed by atoms with Gasteiger partial charge in [-0.3, -0.25) is 4.90 Å².